The second kappa shape index (κ2) is 6.34. The van der Waals surface area contributed by atoms with Crippen molar-refractivity contribution >= 4 is 11.6 Å². The number of rotatable bonds is 4. The number of halogens is 2. The molecule has 94 valence electrons. The van der Waals surface area contributed by atoms with Crippen molar-refractivity contribution in [2.75, 3.05) is 19.8 Å². The first-order chi connectivity index (χ1) is 8.25. The van der Waals surface area contributed by atoms with Gasteiger partial charge in [-0.3, -0.25) is 0 Å². The number of nitrogens with one attached hydrogen (secondary N) is 1. The van der Waals surface area contributed by atoms with Crippen molar-refractivity contribution < 1.29 is 9.13 Å². The van der Waals surface area contributed by atoms with Gasteiger partial charge >= 0.3 is 0 Å². The normalized spacial score (nSPS) is 17.3. The molecule has 2 nitrogen and oxygen atoms in total. The number of hydrogen-bond acceptors (Lipinski definition) is 2. The maximum Gasteiger partial charge on any atom is 0.141 e. The Morgan fingerprint density at radius 1 is 1.35 bits per heavy atom. The second-order valence-electron chi connectivity index (χ2n) is 4.44. The van der Waals surface area contributed by atoms with E-state index in [1.54, 1.807) is 12.1 Å². The lowest BCUT2D eigenvalue weighted by Crippen LogP contribution is -2.27. The van der Waals surface area contributed by atoms with Crippen molar-refractivity contribution in [1.82, 2.24) is 5.32 Å². The molecule has 0 radical (unpaired) electrons. The summed E-state index contributed by atoms with van der Waals surface area (Å²) in [6.45, 7) is 3.46. The van der Waals surface area contributed by atoms with Crippen molar-refractivity contribution in [1.29, 1.82) is 0 Å². The molecule has 1 saturated heterocycles. The third kappa shape index (κ3) is 3.95. The van der Waals surface area contributed by atoms with E-state index < -0.39 is 0 Å². The summed E-state index contributed by atoms with van der Waals surface area (Å²) >= 11 is 5.72. The Hall–Kier alpha value is -0.640. The molecule has 17 heavy (non-hydrogen) atoms. The van der Waals surface area contributed by atoms with Crippen LogP contribution >= 0.6 is 11.6 Å². The zero-order valence-electron chi connectivity index (χ0n) is 9.72. The number of ether oxygens (including phenoxy) is 1. The van der Waals surface area contributed by atoms with Crippen LogP contribution < -0.4 is 5.32 Å². The van der Waals surface area contributed by atoms with Crippen LogP contribution in [0.3, 0.4) is 0 Å². The molecule has 2 rings (SSSR count). The van der Waals surface area contributed by atoms with E-state index in [0.29, 0.717) is 5.92 Å². The number of benzene rings is 1. The summed E-state index contributed by atoms with van der Waals surface area (Å²) in [5.41, 5.74) is 1.02. The fourth-order valence-corrected chi connectivity index (χ4v) is 2.22. The molecule has 4 heteroatoms. The molecule has 0 aromatic heterocycles. The van der Waals surface area contributed by atoms with E-state index in [2.05, 4.69) is 5.32 Å². The molecule has 0 saturated carbocycles. The third-order valence-corrected chi connectivity index (χ3v) is 3.38. The average Bonchev–Trinajstić information content (AvgIpc) is 2.35. The lowest BCUT2D eigenvalue weighted by Gasteiger charge is -2.22. The van der Waals surface area contributed by atoms with Crippen LogP contribution in [0.15, 0.2) is 18.2 Å². The smallest absolute Gasteiger partial charge is 0.141 e. The predicted molar refractivity (Wildman–Crippen MR) is 66.7 cm³/mol. The fraction of sp³-hybridized carbons (Fsp3) is 0.538. The van der Waals surface area contributed by atoms with Gasteiger partial charge in [-0.15, -0.1) is 0 Å². The maximum atomic E-state index is 12.9. The molecule has 1 aliphatic heterocycles. The average molecular weight is 258 g/mol. The van der Waals surface area contributed by atoms with Crippen LogP contribution in [0.1, 0.15) is 18.4 Å². The van der Waals surface area contributed by atoms with E-state index >= 15 is 0 Å². The molecule has 0 bridgehead atoms. The lowest BCUT2D eigenvalue weighted by atomic mass is 10.0. The highest BCUT2D eigenvalue weighted by atomic mass is 35.5. The molecule has 0 atom stereocenters. The van der Waals surface area contributed by atoms with E-state index in [4.69, 9.17) is 16.3 Å². The summed E-state index contributed by atoms with van der Waals surface area (Å²) in [5.74, 6) is 0.333. The summed E-state index contributed by atoms with van der Waals surface area (Å²) in [7, 11) is 0. The van der Waals surface area contributed by atoms with E-state index in [1.807, 2.05) is 0 Å². The Kier molecular flexibility index (Phi) is 4.77. The Balaban J connectivity index is 1.75. The largest absolute Gasteiger partial charge is 0.381 e. The van der Waals surface area contributed by atoms with Crippen molar-refractivity contribution in [2.24, 2.45) is 5.92 Å². The van der Waals surface area contributed by atoms with E-state index in [1.165, 1.54) is 6.07 Å². The first-order valence-corrected chi connectivity index (χ1v) is 6.36. The molecular formula is C13H17ClFNO. The Labute approximate surface area is 106 Å². The van der Waals surface area contributed by atoms with Gasteiger partial charge in [-0.2, -0.15) is 0 Å². The van der Waals surface area contributed by atoms with Crippen molar-refractivity contribution in [3.63, 3.8) is 0 Å². The summed E-state index contributed by atoms with van der Waals surface area (Å²) < 4.78 is 18.3. The molecule has 0 spiro atoms. The van der Waals surface area contributed by atoms with Crippen molar-refractivity contribution in [2.45, 2.75) is 19.4 Å². The molecule has 1 heterocycles. The van der Waals surface area contributed by atoms with Gasteiger partial charge in [0.1, 0.15) is 5.82 Å². The highest BCUT2D eigenvalue weighted by Gasteiger charge is 2.12. The monoisotopic (exact) mass is 257 g/mol. The van der Waals surface area contributed by atoms with Gasteiger partial charge in [0.15, 0.2) is 0 Å². The van der Waals surface area contributed by atoms with Crippen LogP contribution in [0.25, 0.3) is 0 Å². The maximum absolute atomic E-state index is 12.9. The molecule has 0 unspecified atom stereocenters. The third-order valence-electron chi connectivity index (χ3n) is 3.09. The minimum atomic E-state index is -0.361. The minimum Gasteiger partial charge on any atom is -0.381 e. The van der Waals surface area contributed by atoms with E-state index in [9.17, 15) is 4.39 Å². The van der Waals surface area contributed by atoms with Crippen LogP contribution in [-0.4, -0.2) is 19.8 Å². The topological polar surface area (TPSA) is 21.3 Å². The van der Waals surface area contributed by atoms with Gasteiger partial charge in [0.25, 0.3) is 0 Å². The first-order valence-electron chi connectivity index (χ1n) is 5.98. The first kappa shape index (κ1) is 12.8. The zero-order chi connectivity index (χ0) is 12.1. The molecule has 1 aromatic carbocycles. The highest BCUT2D eigenvalue weighted by Crippen LogP contribution is 2.16. The van der Waals surface area contributed by atoms with Crippen LogP contribution in [-0.2, 0) is 11.3 Å². The van der Waals surface area contributed by atoms with Gasteiger partial charge in [-0.1, -0.05) is 17.7 Å². The molecule has 0 aliphatic carbocycles. The van der Waals surface area contributed by atoms with Crippen molar-refractivity contribution in [3.05, 3.63) is 34.6 Å². The Morgan fingerprint density at radius 3 is 2.82 bits per heavy atom. The predicted octanol–water partition coefficient (Wildman–Crippen LogP) is 3.00. The molecule has 1 aromatic rings. The summed E-state index contributed by atoms with van der Waals surface area (Å²) in [4.78, 5) is 0. The summed E-state index contributed by atoms with van der Waals surface area (Å²) in [6, 6.07) is 4.85. The SMILES string of the molecule is Fc1ccc(CNCC2CCOCC2)cc1Cl. The van der Waals surface area contributed by atoms with Gasteiger partial charge in [0, 0.05) is 19.8 Å². The molecular weight excluding hydrogens is 241 g/mol. The molecule has 1 aliphatic rings. The number of hydrogen-bond donors (Lipinski definition) is 1. The zero-order valence-corrected chi connectivity index (χ0v) is 10.5. The lowest BCUT2D eigenvalue weighted by molar-refractivity contribution is 0.0662. The molecule has 1 N–H and O–H groups in total. The van der Waals surface area contributed by atoms with Gasteiger partial charge in [-0.25, -0.2) is 4.39 Å². The molecule has 0 amide bonds. The van der Waals surface area contributed by atoms with Gasteiger partial charge in [-0.05, 0) is 43.0 Å². The summed E-state index contributed by atoms with van der Waals surface area (Å²) in [5, 5.41) is 3.57. The Morgan fingerprint density at radius 2 is 2.12 bits per heavy atom. The highest BCUT2D eigenvalue weighted by molar-refractivity contribution is 6.30. The van der Waals surface area contributed by atoms with Gasteiger partial charge < -0.3 is 10.1 Å². The van der Waals surface area contributed by atoms with Crippen LogP contribution in [0.5, 0.6) is 0 Å². The standard InChI is InChI=1S/C13H17ClFNO/c14-12-7-11(1-2-13(12)15)9-16-8-10-3-5-17-6-4-10/h1-2,7,10,16H,3-6,8-9H2. The quantitative estimate of drug-likeness (QED) is 0.895. The van der Waals surface area contributed by atoms with E-state index in [0.717, 1.165) is 44.7 Å². The molecule has 1 fully saturated rings. The second-order valence-corrected chi connectivity index (χ2v) is 4.84. The minimum absolute atomic E-state index is 0.190. The van der Waals surface area contributed by atoms with Gasteiger partial charge in [0.2, 0.25) is 0 Å². The fourth-order valence-electron chi connectivity index (χ4n) is 2.02. The summed E-state index contributed by atoms with van der Waals surface area (Å²) in [6.07, 6.45) is 2.24. The van der Waals surface area contributed by atoms with Gasteiger partial charge in [0.05, 0.1) is 5.02 Å². The van der Waals surface area contributed by atoms with Crippen LogP contribution in [0, 0.1) is 11.7 Å². The van der Waals surface area contributed by atoms with Crippen molar-refractivity contribution in [3.8, 4) is 0 Å². The van der Waals surface area contributed by atoms with Crippen LogP contribution in [0.2, 0.25) is 5.02 Å². The van der Waals surface area contributed by atoms with E-state index in [-0.39, 0.29) is 10.8 Å². The van der Waals surface area contributed by atoms with Crippen LogP contribution in [0.4, 0.5) is 4.39 Å². The Bertz CT molecular complexity index is 366.